The molecule has 0 fully saturated rings. The summed E-state index contributed by atoms with van der Waals surface area (Å²) in [6.45, 7) is 0. The van der Waals surface area contributed by atoms with E-state index in [1.807, 2.05) is 0 Å². The Labute approximate surface area is 388 Å². The number of aromatic nitrogens is 3. The predicted octanol–water partition coefficient (Wildman–Crippen LogP) is 17.0. The molecular weight excluding hydrogens is 811 g/mol. The molecule has 0 aliphatic carbocycles. The number of fused-ring (bicyclic) bond motifs is 7. The van der Waals surface area contributed by atoms with Crippen LogP contribution in [0.1, 0.15) is 0 Å². The molecule has 2 aromatic heterocycles. The second kappa shape index (κ2) is 16.0. The van der Waals surface area contributed by atoms with Crippen molar-refractivity contribution < 1.29 is 0 Å². The third-order valence-electron chi connectivity index (χ3n) is 13.4. The van der Waals surface area contributed by atoms with Gasteiger partial charge in [-0.2, -0.15) is 0 Å². The van der Waals surface area contributed by atoms with Gasteiger partial charge < -0.3 is 4.57 Å². The van der Waals surface area contributed by atoms with Gasteiger partial charge >= 0.3 is 0 Å². The molecule has 312 valence electrons. The van der Waals surface area contributed by atoms with E-state index in [9.17, 15) is 0 Å². The number of hydrogen-bond acceptors (Lipinski definition) is 2. The molecular formula is C64H41N3. The van der Waals surface area contributed by atoms with Crippen LogP contribution >= 0.6 is 0 Å². The van der Waals surface area contributed by atoms with Crippen LogP contribution in [0.25, 0.3) is 127 Å². The molecule has 13 aromatic rings. The van der Waals surface area contributed by atoms with Crippen molar-refractivity contribution in [2.24, 2.45) is 0 Å². The van der Waals surface area contributed by atoms with E-state index in [0.29, 0.717) is 5.82 Å². The lowest BCUT2D eigenvalue weighted by Gasteiger charge is -2.15. The molecule has 0 saturated carbocycles. The summed E-state index contributed by atoms with van der Waals surface area (Å²) in [6, 6.07) is 89.4. The second-order valence-electron chi connectivity index (χ2n) is 17.3. The monoisotopic (exact) mass is 851 g/mol. The summed E-state index contributed by atoms with van der Waals surface area (Å²) in [7, 11) is 0. The van der Waals surface area contributed by atoms with Crippen LogP contribution in [-0.2, 0) is 0 Å². The van der Waals surface area contributed by atoms with E-state index in [4.69, 9.17) is 9.97 Å². The average molecular weight is 852 g/mol. The van der Waals surface area contributed by atoms with Crippen LogP contribution in [0.4, 0.5) is 0 Å². The van der Waals surface area contributed by atoms with Gasteiger partial charge in [0, 0.05) is 33.2 Å². The topological polar surface area (TPSA) is 30.7 Å². The Balaban J connectivity index is 0.967. The Morgan fingerprint density at radius 2 is 0.851 bits per heavy atom. The fourth-order valence-corrected chi connectivity index (χ4v) is 10.2. The maximum absolute atomic E-state index is 5.39. The van der Waals surface area contributed by atoms with Gasteiger partial charge in [0.15, 0.2) is 5.82 Å². The first-order valence-electron chi connectivity index (χ1n) is 22.9. The molecule has 13 rings (SSSR count). The van der Waals surface area contributed by atoms with Crippen molar-refractivity contribution in [2.45, 2.75) is 0 Å². The molecule has 0 saturated heterocycles. The zero-order chi connectivity index (χ0) is 44.3. The van der Waals surface area contributed by atoms with Crippen molar-refractivity contribution in [3.63, 3.8) is 0 Å². The van der Waals surface area contributed by atoms with E-state index in [-0.39, 0.29) is 0 Å². The van der Waals surface area contributed by atoms with Gasteiger partial charge in [0.1, 0.15) is 0 Å². The normalized spacial score (nSPS) is 11.6. The highest BCUT2D eigenvalue weighted by molar-refractivity contribution is 6.20. The van der Waals surface area contributed by atoms with Gasteiger partial charge in [-0.15, -0.1) is 0 Å². The lowest BCUT2D eigenvalue weighted by atomic mass is 9.89. The van der Waals surface area contributed by atoms with Crippen LogP contribution in [0, 0.1) is 0 Å². The fourth-order valence-electron chi connectivity index (χ4n) is 10.2. The number of benzene rings is 11. The molecule has 2 heterocycles. The van der Waals surface area contributed by atoms with Crippen LogP contribution in [0.5, 0.6) is 0 Å². The molecule has 0 amide bonds. The Bertz CT molecular complexity index is 4020. The summed E-state index contributed by atoms with van der Waals surface area (Å²) in [5.41, 5.74) is 15.3. The molecule has 0 aliphatic heterocycles. The summed E-state index contributed by atoms with van der Waals surface area (Å²) in [5, 5.41) is 9.92. The first-order chi connectivity index (χ1) is 33.2. The van der Waals surface area contributed by atoms with E-state index in [2.05, 4.69) is 253 Å². The molecule has 0 bridgehead atoms. The Morgan fingerprint density at radius 1 is 0.284 bits per heavy atom. The van der Waals surface area contributed by atoms with E-state index >= 15 is 0 Å². The SMILES string of the molecule is c1ccc(-c2cccc(-c3cc(-c4cccc(-c5cccc6c5c5ccccc5n6-c5ccccc5)c4)nc(-c4ccc(-c5c6ccccc6cc6c5ccc5ccccc56)cc4)n3)c2)cc1. The van der Waals surface area contributed by atoms with Crippen molar-refractivity contribution in [3.8, 4) is 73.0 Å². The summed E-state index contributed by atoms with van der Waals surface area (Å²) < 4.78 is 2.38. The van der Waals surface area contributed by atoms with Crippen molar-refractivity contribution in [2.75, 3.05) is 0 Å². The van der Waals surface area contributed by atoms with Crippen molar-refractivity contribution in [1.82, 2.24) is 14.5 Å². The molecule has 0 spiro atoms. The summed E-state index contributed by atoms with van der Waals surface area (Å²) in [6.07, 6.45) is 0. The summed E-state index contributed by atoms with van der Waals surface area (Å²) >= 11 is 0. The molecule has 3 nitrogen and oxygen atoms in total. The van der Waals surface area contributed by atoms with Gasteiger partial charge in [-0.1, -0.05) is 200 Å². The van der Waals surface area contributed by atoms with Crippen LogP contribution in [0.2, 0.25) is 0 Å². The van der Waals surface area contributed by atoms with Crippen LogP contribution in [0.15, 0.2) is 249 Å². The number of para-hydroxylation sites is 2. The van der Waals surface area contributed by atoms with Crippen LogP contribution < -0.4 is 0 Å². The van der Waals surface area contributed by atoms with Gasteiger partial charge in [0.25, 0.3) is 0 Å². The molecule has 67 heavy (non-hydrogen) atoms. The van der Waals surface area contributed by atoms with Crippen molar-refractivity contribution in [3.05, 3.63) is 249 Å². The minimum atomic E-state index is 0.677. The van der Waals surface area contributed by atoms with Crippen LogP contribution in [0.3, 0.4) is 0 Å². The standard InChI is InChI=1S/C64H41N3/c1-3-16-42(17-4-1)46-20-13-22-49(38-46)58-41-59(50-23-14-21-47(39-50)54-29-15-31-61-63(54)56-28-11-12-30-60(56)67(61)51-24-5-2-6-25-51)66-64(65-58)45-34-32-44(33-35-45)62-53-27-10-8-19-48(53)40-57-52-26-9-7-18-43(52)36-37-55(57)62/h1-41H. The van der Waals surface area contributed by atoms with E-state index in [0.717, 1.165) is 50.5 Å². The van der Waals surface area contributed by atoms with Gasteiger partial charge in [-0.05, 0) is 114 Å². The lowest BCUT2D eigenvalue weighted by Crippen LogP contribution is -1.96. The second-order valence-corrected chi connectivity index (χ2v) is 17.3. The molecule has 0 radical (unpaired) electrons. The number of hydrogen-bond donors (Lipinski definition) is 0. The van der Waals surface area contributed by atoms with Gasteiger partial charge in [-0.25, -0.2) is 9.97 Å². The van der Waals surface area contributed by atoms with Gasteiger partial charge in [0.05, 0.1) is 22.4 Å². The Hall–Kier alpha value is -8.92. The zero-order valence-electron chi connectivity index (χ0n) is 36.5. The van der Waals surface area contributed by atoms with Crippen molar-refractivity contribution in [1.29, 1.82) is 0 Å². The highest BCUT2D eigenvalue weighted by Gasteiger charge is 2.18. The largest absolute Gasteiger partial charge is 0.309 e. The third kappa shape index (κ3) is 6.67. The summed E-state index contributed by atoms with van der Waals surface area (Å²) in [5.74, 6) is 0.677. The average Bonchev–Trinajstić information content (AvgIpc) is 3.75. The van der Waals surface area contributed by atoms with E-state index < -0.39 is 0 Å². The molecule has 11 aromatic carbocycles. The number of nitrogens with zero attached hydrogens (tertiary/aromatic N) is 3. The maximum Gasteiger partial charge on any atom is 0.160 e. The van der Waals surface area contributed by atoms with Gasteiger partial charge in [-0.3, -0.25) is 0 Å². The van der Waals surface area contributed by atoms with Crippen LogP contribution in [-0.4, -0.2) is 14.5 Å². The highest BCUT2D eigenvalue weighted by Crippen LogP contribution is 2.42. The minimum Gasteiger partial charge on any atom is -0.309 e. The third-order valence-corrected chi connectivity index (χ3v) is 13.4. The zero-order valence-corrected chi connectivity index (χ0v) is 36.5. The highest BCUT2D eigenvalue weighted by atomic mass is 15.0. The molecule has 0 aliphatic rings. The fraction of sp³-hybridized carbons (Fsp3) is 0. The summed E-state index contributed by atoms with van der Waals surface area (Å²) in [4.78, 5) is 10.7. The molecule has 0 N–H and O–H groups in total. The minimum absolute atomic E-state index is 0.677. The molecule has 0 unspecified atom stereocenters. The predicted molar refractivity (Wildman–Crippen MR) is 282 cm³/mol. The first kappa shape index (κ1) is 38.5. The lowest BCUT2D eigenvalue weighted by molar-refractivity contribution is 1.18. The smallest absolute Gasteiger partial charge is 0.160 e. The maximum atomic E-state index is 5.39. The van der Waals surface area contributed by atoms with E-state index in [1.165, 1.54) is 70.8 Å². The molecule has 3 heteroatoms. The van der Waals surface area contributed by atoms with Gasteiger partial charge in [0.2, 0.25) is 0 Å². The first-order valence-corrected chi connectivity index (χ1v) is 22.9. The Morgan fingerprint density at radius 3 is 1.63 bits per heavy atom. The number of rotatable bonds is 7. The molecule has 0 atom stereocenters. The van der Waals surface area contributed by atoms with E-state index in [1.54, 1.807) is 0 Å². The van der Waals surface area contributed by atoms with Crippen molar-refractivity contribution >= 4 is 54.1 Å². The Kier molecular flexibility index (Phi) is 9.17. The quantitative estimate of drug-likeness (QED) is 0.118.